The van der Waals surface area contributed by atoms with Gasteiger partial charge < -0.3 is 10.6 Å². The highest BCUT2D eigenvalue weighted by molar-refractivity contribution is 5.76. The molecule has 3 fully saturated rings. The van der Waals surface area contributed by atoms with Crippen LogP contribution in [0.25, 0.3) is 0 Å². The second-order valence-electron chi connectivity index (χ2n) is 7.43. The monoisotopic (exact) mass is 278 g/mol. The van der Waals surface area contributed by atoms with Crippen molar-refractivity contribution in [3.63, 3.8) is 0 Å². The molecule has 2 N–H and O–H groups in total. The largest absolute Gasteiger partial charge is 0.353 e. The maximum absolute atomic E-state index is 12.1. The Morgan fingerprint density at radius 2 is 2.00 bits per heavy atom. The summed E-state index contributed by atoms with van der Waals surface area (Å²) in [7, 11) is 0. The van der Waals surface area contributed by atoms with Crippen LogP contribution in [0, 0.1) is 23.7 Å². The SMILES string of the molecule is CC(NC(=O)CCC1CCNCC1)C1CC2CCC1C2. The lowest BCUT2D eigenvalue weighted by Crippen LogP contribution is -2.40. The number of nitrogens with one attached hydrogen (secondary N) is 2. The topological polar surface area (TPSA) is 41.1 Å². The standard InChI is InChI=1S/C17H30N2O/c1-12(16-11-14-2-4-15(16)10-14)19-17(20)5-3-13-6-8-18-9-7-13/h12-16,18H,2-11H2,1H3,(H,19,20). The average molecular weight is 278 g/mol. The van der Waals surface area contributed by atoms with E-state index in [2.05, 4.69) is 17.6 Å². The van der Waals surface area contributed by atoms with E-state index in [4.69, 9.17) is 0 Å². The molecule has 1 heterocycles. The molecule has 114 valence electrons. The van der Waals surface area contributed by atoms with Crippen LogP contribution in [0.1, 0.15) is 58.3 Å². The average Bonchev–Trinajstić information content (AvgIpc) is 3.09. The van der Waals surface area contributed by atoms with Crippen molar-refractivity contribution in [2.75, 3.05) is 13.1 Å². The van der Waals surface area contributed by atoms with E-state index in [9.17, 15) is 4.79 Å². The number of hydrogen-bond donors (Lipinski definition) is 2. The first kappa shape index (κ1) is 14.4. The summed E-state index contributed by atoms with van der Waals surface area (Å²) in [4.78, 5) is 12.1. The van der Waals surface area contributed by atoms with Gasteiger partial charge in [-0.3, -0.25) is 4.79 Å². The van der Waals surface area contributed by atoms with Crippen molar-refractivity contribution >= 4 is 5.91 Å². The van der Waals surface area contributed by atoms with Crippen LogP contribution in [0.15, 0.2) is 0 Å². The van der Waals surface area contributed by atoms with Crippen molar-refractivity contribution in [2.24, 2.45) is 23.7 Å². The van der Waals surface area contributed by atoms with Crippen LogP contribution in [0.5, 0.6) is 0 Å². The van der Waals surface area contributed by atoms with Crippen LogP contribution in [0.4, 0.5) is 0 Å². The lowest BCUT2D eigenvalue weighted by molar-refractivity contribution is -0.122. The first-order valence-electron chi connectivity index (χ1n) is 8.72. The van der Waals surface area contributed by atoms with Gasteiger partial charge in [0, 0.05) is 12.5 Å². The van der Waals surface area contributed by atoms with Gasteiger partial charge in [0.05, 0.1) is 0 Å². The highest BCUT2D eigenvalue weighted by atomic mass is 16.1. The zero-order valence-corrected chi connectivity index (χ0v) is 12.9. The molecule has 3 rings (SSSR count). The van der Waals surface area contributed by atoms with Gasteiger partial charge in [0.2, 0.25) is 5.91 Å². The quantitative estimate of drug-likeness (QED) is 0.812. The van der Waals surface area contributed by atoms with E-state index < -0.39 is 0 Å². The van der Waals surface area contributed by atoms with E-state index in [1.807, 2.05) is 0 Å². The molecule has 3 nitrogen and oxygen atoms in total. The smallest absolute Gasteiger partial charge is 0.220 e. The molecule has 0 aromatic heterocycles. The van der Waals surface area contributed by atoms with Gasteiger partial charge in [0.1, 0.15) is 0 Å². The number of piperidine rings is 1. The summed E-state index contributed by atoms with van der Waals surface area (Å²) in [5, 5.41) is 6.68. The first-order valence-corrected chi connectivity index (χ1v) is 8.72. The molecule has 0 aromatic carbocycles. The zero-order chi connectivity index (χ0) is 13.9. The molecule has 1 aliphatic heterocycles. The van der Waals surface area contributed by atoms with Crippen LogP contribution >= 0.6 is 0 Å². The highest BCUT2D eigenvalue weighted by Gasteiger charge is 2.42. The number of amides is 1. The fourth-order valence-corrected chi connectivity index (χ4v) is 4.85. The van der Waals surface area contributed by atoms with Gasteiger partial charge in [0.25, 0.3) is 0 Å². The summed E-state index contributed by atoms with van der Waals surface area (Å²) in [5.41, 5.74) is 0. The Bertz CT molecular complexity index is 338. The zero-order valence-electron chi connectivity index (χ0n) is 12.9. The van der Waals surface area contributed by atoms with Gasteiger partial charge in [-0.2, -0.15) is 0 Å². The Morgan fingerprint density at radius 3 is 2.65 bits per heavy atom. The minimum atomic E-state index is 0.291. The summed E-state index contributed by atoms with van der Waals surface area (Å²) in [6.07, 6.45) is 9.94. The van der Waals surface area contributed by atoms with E-state index in [1.165, 1.54) is 38.5 Å². The molecule has 0 radical (unpaired) electrons. The summed E-state index contributed by atoms with van der Waals surface area (Å²) in [5.74, 6) is 3.69. The van der Waals surface area contributed by atoms with Gasteiger partial charge in [0.15, 0.2) is 0 Å². The molecule has 4 atom stereocenters. The number of rotatable bonds is 5. The number of fused-ring (bicyclic) bond motifs is 2. The fourth-order valence-electron chi connectivity index (χ4n) is 4.85. The number of carbonyl (C=O) groups excluding carboxylic acids is 1. The molecule has 3 heteroatoms. The van der Waals surface area contributed by atoms with Crippen molar-refractivity contribution in [3.8, 4) is 0 Å². The Balaban J connectivity index is 1.37. The summed E-state index contributed by atoms with van der Waals surface area (Å²) >= 11 is 0. The van der Waals surface area contributed by atoms with E-state index in [0.717, 1.165) is 49.6 Å². The van der Waals surface area contributed by atoms with E-state index >= 15 is 0 Å². The predicted molar refractivity (Wildman–Crippen MR) is 81.4 cm³/mol. The van der Waals surface area contributed by atoms with Crippen molar-refractivity contribution in [2.45, 2.75) is 64.3 Å². The third kappa shape index (κ3) is 3.36. The Hall–Kier alpha value is -0.570. The fraction of sp³-hybridized carbons (Fsp3) is 0.941. The second kappa shape index (κ2) is 6.46. The van der Waals surface area contributed by atoms with E-state index in [1.54, 1.807) is 0 Å². The maximum Gasteiger partial charge on any atom is 0.220 e. The molecule has 20 heavy (non-hydrogen) atoms. The van der Waals surface area contributed by atoms with E-state index in [0.29, 0.717) is 11.9 Å². The minimum absolute atomic E-state index is 0.291. The number of hydrogen-bond acceptors (Lipinski definition) is 2. The Morgan fingerprint density at radius 1 is 1.20 bits per heavy atom. The molecule has 0 spiro atoms. The molecular weight excluding hydrogens is 248 g/mol. The maximum atomic E-state index is 12.1. The third-order valence-electron chi connectivity index (χ3n) is 6.06. The van der Waals surface area contributed by atoms with Crippen LogP contribution in [-0.4, -0.2) is 25.0 Å². The summed E-state index contributed by atoms with van der Waals surface area (Å²) in [6.45, 7) is 4.50. The molecule has 1 saturated heterocycles. The van der Waals surface area contributed by atoms with Crippen LogP contribution < -0.4 is 10.6 Å². The minimum Gasteiger partial charge on any atom is -0.353 e. The molecular formula is C17H30N2O. The van der Waals surface area contributed by atoms with Crippen LogP contribution in [0.2, 0.25) is 0 Å². The molecule has 0 aromatic rings. The normalized spacial score (nSPS) is 35.1. The molecule has 4 unspecified atom stereocenters. The first-order chi connectivity index (χ1) is 9.72. The summed E-state index contributed by atoms with van der Waals surface area (Å²) < 4.78 is 0. The number of carbonyl (C=O) groups is 1. The van der Waals surface area contributed by atoms with Crippen molar-refractivity contribution < 1.29 is 4.79 Å². The van der Waals surface area contributed by atoms with Crippen molar-refractivity contribution in [1.82, 2.24) is 10.6 Å². The van der Waals surface area contributed by atoms with Gasteiger partial charge in [-0.15, -0.1) is 0 Å². The molecule has 2 saturated carbocycles. The van der Waals surface area contributed by atoms with Gasteiger partial charge in [-0.1, -0.05) is 6.42 Å². The lowest BCUT2D eigenvalue weighted by Gasteiger charge is -2.29. The van der Waals surface area contributed by atoms with Crippen LogP contribution in [-0.2, 0) is 4.79 Å². The molecule has 3 aliphatic rings. The molecule has 2 bridgehead atoms. The Labute approximate surface area is 123 Å². The predicted octanol–water partition coefficient (Wildman–Crippen LogP) is 2.71. The lowest BCUT2D eigenvalue weighted by atomic mass is 9.84. The molecule has 1 amide bonds. The van der Waals surface area contributed by atoms with Gasteiger partial charge in [-0.25, -0.2) is 0 Å². The Kier molecular flexibility index (Phi) is 4.65. The van der Waals surface area contributed by atoms with Crippen molar-refractivity contribution in [3.05, 3.63) is 0 Å². The molecule has 2 aliphatic carbocycles. The van der Waals surface area contributed by atoms with Gasteiger partial charge in [-0.05, 0) is 82.2 Å². The highest BCUT2D eigenvalue weighted by Crippen LogP contribution is 2.49. The van der Waals surface area contributed by atoms with Crippen molar-refractivity contribution in [1.29, 1.82) is 0 Å². The van der Waals surface area contributed by atoms with E-state index in [-0.39, 0.29) is 0 Å². The summed E-state index contributed by atoms with van der Waals surface area (Å²) in [6, 6.07) is 0.394. The van der Waals surface area contributed by atoms with Gasteiger partial charge >= 0.3 is 0 Å². The second-order valence-corrected chi connectivity index (χ2v) is 7.43. The van der Waals surface area contributed by atoms with Crippen LogP contribution in [0.3, 0.4) is 0 Å². The third-order valence-corrected chi connectivity index (χ3v) is 6.06.